The molecule has 35 heavy (non-hydrogen) atoms. The van der Waals surface area contributed by atoms with Gasteiger partial charge in [-0.1, -0.05) is 54.6 Å². The second-order valence-corrected chi connectivity index (χ2v) is 10.3. The summed E-state index contributed by atoms with van der Waals surface area (Å²) in [6.45, 7) is 2.48. The van der Waals surface area contributed by atoms with E-state index in [1.165, 1.54) is 12.1 Å². The third-order valence-corrected chi connectivity index (χ3v) is 7.65. The van der Waals surface area contributed by atoms with Crippen molar-refractivity contribution in [3.8, 4) is 5.75 Å². The number of amides is 1. The Labute approximate surface area is 207 Å². The van der Waals surface area contributed by atoms with Crippen LogP contribution in [0.2, 0.25) is 0 Å². The number of rotatable bonds is 10. The van der Waals surface area contributed by atoms with Gasteiger partial charge in [-0.25, -0.2) is 13.1 Å². The lowest BCUT2D eigenvalue weighted by atomic mass is 10.0. The van der Waals surface area contributed by atoms with Gasteiger partial charge in [0.05, 0.1) is 18.0 Å². The molecule has 0 bridgehead atoms. The van der Waals surface area contributed by atoms with Crippen molar-refractivity contribution in [2.75, 3.05) is 26.7 Å². The Morgan fingerprint density at radius 1 is 0.971 bits per heavy atom. The van der Waals surface area contributed by atoms with Crippen LogP contribution in [0.15, 0.2) is 83.8 Å². The van der Waals surface area contributed by atoms with Crippen LogP contribution in [0.3, 0.4) is 0 Å². The number of hydrogen-bond acceptors (Lipinski definition) is 5. The normalized spacial score (nSPS) is 15.0. The fourth-order valence-corrected chi connectivity index (χ4v) is 5.45. The summed E-state index contributed by atoms with van der Waals surface area (Å²) in [5.74, 6) is 0.473. The van der Waals surface area contributed by atoms with Crippen LogP contribution in [0, 0.1) is 0 Å². The number of nitrogens with one attached hydrogen (secondary N) is 2. The Kier molecular flexibility index (Phi) is 8.17. The summed E-state index contributed by atoms with van der Waals surface area (Å²) in [4.78, 5) is 15.4. The second kappa shape index (κ2) is 11.5. The number of ether oxygens (including phenoxy) is 1. The van der Waals surface area contributed by atoms with E-state index in [0.29, 0.717) is 12.1 Å². The van der Waals surface area contributed by atoms with E-state index in [1.54, 1.807) is 19.2 Å². The third-order valence-electron chi connectivity index (χ3n) is 6.25. The number of nitrogens with zero attached hydrogens (tertiary/aromatic N) is 1. The molecule has 0 unspecified atom stereocenters. The summed E-state index contributed by atoms with van der Waals surface area (Å²) in [5.41, 5.74) is 2.18. The van der Waals surface area contributed by atoms with Crippen LogP contribution in [-0.4, -0.2) is 46.0 Å². The molecule has 0 aromatic heterocycles. The van der Waals surface area contributed by atoms with E-state index in [-0.39, 0.29) is 23.4 Å². The minimum atomic E-state index is -3.77. The van der Waals surface area contributed by atoms with Gasteiger partial charge in [0.15, 0.2) is 0 Å². The highest BCUT2D eigenvalue weighted by Crippen LogP contribution is 2.31. The van der Waals surface area contributed by atoms with Crippen molar-refractivity contribution >= 4 is 15.9 Å². The molecule has 1 saturated heterocycles. The molecule has 3 aromatic rings. The van der Waals surface area contributed by atoms with Crippen molar-refractivity contribution in [1.29, 1.82) is 0 Å². The minimum Gasteiger partial charge on any atom is -0.496 e. The van der Waals surface area contributed by atoms with Gasteiger partial charge in [0.2, 0.25) is 10.0 Å². The van der Waals surface area contributed by atoms with E-state index >= 15 is 0 Å². The molecule has 4 rings (SSSR count). The zero-order valence-corrected chi connectivity index (χ0v) is 20.6. The number of sulfonamides is 1. The molecule has 0 radical (unpaired) electrons. The molecule has 1 amide bonds. The maximum Gasteiger partial charge on any atom is 0.251 e. The van der Waals surface area contributed by atoms with E-state index in [4.69, 9.17) is 4.74 Å². The summed E-state index contributed by atoms with van der Waals surface area (Å²) < 4.78 is 33.8. The largest absolute Gasteiger partial charge is 0.496 e. The Bertz CT molecular complexity index is 1240. The van der Waals surface area contributed by atoms with Gasteiger partial charge in [0.1, 0.15) is 5.75 Å². The molecule has 0 aliphatic carbocycles. The maximum absolute atomic E-state index is 13.0. The van der Waals surface area contributed by atoms with Crippen molar-refractivity contribution < 1.29 is 17.9 Å². The van der Waals surface area contributed by atoms with Gasteiger partial charge < -0.3 is 10.1 Å². The smallest absolute Gasteiger partial charge is 0.251 e. The molecule has 0 saturated carbocycles. The molecule has 1 aliphatic rings. The van der Waals surface area contributed by atoms with Gasteiger partial charge in [0, 0.05) is 24.2 Å². The summed E-state index contributed by atoms with van der Waals surface area (Å²) in [6, 6.07) is 23.2. The van der Waals surface area contributed by atoms with Gasteiger partial charge in [-0.2, -0.15) is 0 Å². The molecule has 1 atom stereocenters. The molecule has 8 heteroatoms. The predicted octanol–water partition coefficient (Wildman–Crippen LogP) is 3.74. The molecule has 1 aliphatic heterocycles. The van der Waals surface area contributed by atoms with Crippen LogP contribution in [0.25, 0.3) is 0 Å². The van der Waals surface area contributed by atoms with Gasteiger partial charge in [-0.3, -0.25) is 9.69 Å². The molecule has 0 spiro atoms. The third kappa shape index (κ3) is 6.28. The predicted molar refractivity (Wildman–Crippen MR) is 136 cm³/mol. The number of carbonyl (C=O) groups is 1. The Balaban J connectivity index is 1.46. The van der Waals surface area contributed by atoms with E-state index in [0.717, 1.165) is 42.8 Å². The fourth-order valence-electron chi connectivity index (χ4n) is 4.38. The number of hydrogen-bond donors (Lipinski definition) is 2. The first-order chi connectivity index (χ1) is 17.0. The lowest BCUT2D eigenvalue weighted by molar-refractivity contribution is 0.0937. The zero-order chi connectivity index (χ0) is 24.7. The van der Waals surface area contributed by atoms with Crippen LogP contribution < -0.4 is 14.8 Å². The van der Waals surface area contributed by atoms with Gasteiger partial charge in [0.25, 0.3) is 5.91 Å². The van der Waals surface area contributed by atoms with Crippen molar-refractivity contribution in [3.05, 3.63) is 95.6 Å². The molecular weight excluding hydrogens is 462 g/mol. The van der Waals surface area contributed by atoms with Crippen LogP contribution >= 0.6 is 0 Å². The number of likely N-dealkylation sites (tertiary alicyclic amines) is 1. The van der Waals surface area contributed by atoms with Crippen molar-refractivity contribution in [1.82, 2.24) is 14.9 Å². The van der Waals surface area contributed by atoms with Gasteiger partial charge in [-0.05, 0) is 55.8 Å². The van der Waals surface area contributed by atoms with E-state index in [1.807, 2.05) is 54.6 Å². The highest BCUT2D eigenvalue weighted by molar-refractivity contribution is 7.89. The van der Waals surface area contributed by atoms with Crippen LogP contribution in [0.4, 0.5) is 0 Å². The van der Waals surface area contributed by atoms with Crippen molar-refractivity contribution in [2.24, 2.45) is 0 Å². The molecule has 3 aromatic carbocycles. The first-order valence-electron chi connectivity index (χ1n) is 11.8. The lowest BCUT2D eigenvalue weighted by Gasteiger charge is -2.29. The zero-order valence-electron chi connectivity index (χ0n) is 19.8. The summed E-state index contributed by atoms with van der Waals surface area (Å²) in [6.07, 6.45) is 2.24. The summed E-state index contributed by atoms with van der Waals surface area (Å²) in [5, 5.41) is 3.01. The average molecular weight is 494 g/mol. The second-order valence-electron chi connectivity index (χ2n) is 8.55. The minimum absolute atomic E-state index is 0.0305. The van der Waals surface area contributed by atoms with E-state index in [9.17, 15) is 13.2 Å². The highest BCUT2D eigenvalue weighted by atomic mass is 32.2. The van der Waals surface area contributed by atoms with E-state index < -0.39 is 10.0 Å². The Morgan fingerprint density at radius 2 is 1.69 bits per heavy atom. The molecule has 1 fully saturated rings. The maximum atomic E-state index is 13.0. The monoisotopic (exact) mass is 493 g/mol. The first kappa shape index (κ1) is 24.9. The number of benzene rings is 3. The molecule has 1 heterocycles. The molecular formula is C27H31N3O4S. The quantitative estimate of drug-likeness (QED) is 0.449. The topological polar surface area (TPSA) is 87.7 Å². The molecule has 7 nitrogen and oxygen atoms in total. The Hall–Kier alpha value is -3.20. The summed E-state index contributed by atoms with van der Waals surface area (Å²) >= 11 is 0. The highest BCUT2D eigenvalue weighted by Gasteiger charge is 2.26. The van der Waals surface area contributed by atoms with Crippen molar-refractivity contribution in [3.63, 3.8) is 0 Å². The number of para-hydroxylation sites is 1. The summed E-state index contributed by atoms with van der Waals surface area (Å²) in [7, 11) is -2.12. The standard InChI is InChI=1S/C27H31N3O4S/c1-34-26-15-6-5-14-24(26)25(30-16-7-8-17-30)20-28-27(31)22-12-9-13-23(18-22)35(32,33)29-19-21-10-3-2-4-11-21/h2-6,9-15,18,25,29H,7-8,16-17,19-20H2,1H3,(H,28,31)/t25-/m1/s1. The van der Waals surface area contributed by atoms with E-state index in [2.05, 4.69) is 14.9 Å². The van der Waals surface area contributed by atoms with Gasteiger partial charge >= 0.3 is 0 Å². The van der Waals surface area contributed by atoms with Crippen LogP contribution in [0.5, 0.6) is 5.75 Å². The van der Waals surface area contributed by atoms with Crippen LogP contribution in [0.1, 0.15) is 40.4 Å². The SMILES string of the molecule is COc1ccccc1[C@@H](CNC(=O)c1cccc(S(=O)(=O)NCc2ccccc2)c1)N1CCCC1. The first-order valence-corrected chi connectivity index (χ1v) is 13.2. The average Bonchev–Trinajstić information content (AvgIpc) is 3.43. The fraction of sp³-hybridized carbons (Fsp3) is 0.296. The van der Waals surface area contributed by atoms with Crippen LogP contribution in [-0.2, 0) is 16.6 Å². The van der Waals surface area contributed by atoms with Gasteiger partial charge in [-0.15, -0.1) is 0 Å². The van der Waals surface area contributed by atoms with Crippen molar-refractivity contribution in [2.45, 2.75) is 30.3 Å². The molecule has 184 valence electrons. The Morgan fingerprint density at radius 3 is 2.43 bits per heavy atom. The number of methoxy groups -OCH3 is 1. The lowest BCUT2D eigenvalue weighted by Crippen LogP contribution is -2.37. The number of carbonyl (C=O) groups excluding carboxylic acids is 1. The molecule has 2 N–H and O–H groups in total.